The molecular weight excluding hydrogens is 237 g/mol. The summed E-state index contributed by atoms with van der Waals surface area (Å²) in [7, 11) is 0. The summed E-state index contributed by atoms with van der Waals surface area (Å²) >= 11 is 0. The van der Waals surface area contributed by atoms with Crippen LogP contribution < -0.4 is 0 Å². The van der Waals surface area contributed by atoms with Crippen LogP contribution in [0.25, 0.3) is 11.3 Å². The fourth-order valence-electron chi connectivity index (χ4n) is 1.31. The van der Waals surface area contributed by atoms with E-state index in [1.54, 1.807) is 0 Å². The van der Waals surface area contributed by atoms with Crippen molar-refractivity contribution in [1.82, 2.24) is 0 Å². The average Bonchev–Trinajstić information content (AvgIpc) is 2.75. The van der Waals surface area contributed by atoms with Gasteiger partial charge in [0.2, 0.25) is 5.76 Å². The highest BCUT2D eigenvalue weighted by molar-refractivity contribution is 5.85. The molecule has 0 atom stereocenters. The number of furan rings is 1. The van der Waals surface area contributed by atoms with Crippen LogP contribution in [0.1, 0.15) is 10.6 Å². The maximum Gasteiger partial charge on any atom is 0.371 e. The topological polar surface area (TPSA) is 50.4 Å². The number of carboxylic acid groups (broad SMARTS) is 1. The standard InChI is InChI=1S/C11H5F3O3/c12-6-2-1-5(9(13)10(6)14)7-3-4-8(17-7)11(15)16/h1-4H,(H,15,16). The Hall–Kier alpha value is -2.24. The maximum absolute atomic E-state index is 13.3. The van der Waals surface area contributed by atoms with Gasteiger partial charge in [-0.15, -0.1) is 0 Å². The molecule has 17 heavy (non-hydrogen) atoms. The third kappa shape index (κ3) is 1.89. The molecular formula is C11H5F3O3. The van der Waals surface area contributed by atoms with E-state index < -0.39 is 29.2 Å². The van der Waals surface area contributed by atoms with Crippen LogP contribution in [0.5, 0.6) is 0 Å². The van der Waals surface area contributed by atoms with Crippen molar-refractivity contribution in [3.8, 4) is 11.3 Å². The molecule has 0 aliphatic rings. The van der Waals surface area contributed by atoms with E-state index >= 15 is 0 Å². The number of aromatic carboxylic acids is 1. The Kier molecular flexibility index (Phi) is 2.63. The van der Waals surface area contributed by atoms with Gasteiger partial charge in [0, 0.05) is 0 Å². The first-order valence-corrected chi connectivity index (χ1v) is 4.47. The summed E-state index contributed by atoms with van der Waals surface area (Å²) in [6.07, 6.45) is 0. The van der Waals surface area contributed by atoms with E-state index in [9.17, 15) is 18.0 Å². The molecule has 0 saturated heterocycles. The SMILES string of the molecule is O=C(O)c1ccc(-c2ccc(F)c(F)c2F)o1. The molecule has 0 saturated carbocycles. The lowest BCUT2D eigenvalue weighted by molar-refractivity contribution is 0.0663. The minimum atomic E-state index is -1.63. The molecule has 0 aliphatic heterocycles. The van der Waals surface area contributed by atoms with E-state index in [2.05, 4.69) is 0 Å². The summed E-state index contributed by atoms with van der Waals surface area (Å²) in [5, 5.41) is 8.59. The van der Waals surface area contributed by atoms with Crippen LogP contribution in [0.2, 0.25) is 0 Å². The minimum absolute atomic E-state index is 0.182. The van der Waals surface area contributed by atoms with Gasteiger partial charge in [0.05, 0.1) is 5.56 Å². The summed E-state index contributed by atoms with van der Waals surface area (Å²) in [6, 6.07) is 3.96. The van der Waals surface area contributed by atoms with Gasteiger partial charge in [0.1, 0.15) is 5.76 Å². The molecule has 88 valence electrons. The smallest absolute Gasteiger partial charge is 0.371 e. The number of rotatable bonds is 2. The van der Waals surface area contributed by atoms with Crippen molar-refractivity contribution < 1.29 is 27.5 Å². The van der Waals surface area contributed by atoms with Gasteiger partial charge in [-0.05, 0) is 24.3 Å². The average molecular weight is 242 g/mol. The maximum atomic E-state index is 13.3. The molecule has 0 spiro atoms. The van der Waals surface area contributed by atoms with Crippen molar-refractivity contribution in [2.24, 2.45) is 0 Å². The molecule has 0 bridgehead atoms. The van der Waals surface area contributed by atoms with Crippen LogP contribution in [-0.4, -0.2) is 11.1 Å². The fourth-order valence-corrected chi connectivity index (χ4v) is 1.31. The van der Waals surface area contributed by atoms with Crippen LogP contribution in [0.15, 0.2) is 28.7 Å². The third-order valence-electron chi connectivity index (χ3n) is 2.12. The molecule has 2 rings (SSSR count). The zero-order valence-electron chi connectivity index (χ0n) is 8.21. The van der Waals surface area contributed by atoms with E-state index in [4.69, 9.17) is 9.52 Å². The monoisotopic (exact) mass is 242 g/mol. The first kappa shape index (κ1) is 11.3. The van der Waals surface area contributed by atoms with Gasteiger partial charge >= 0.3 is 5.97 Å². The second-order valence-electron chi connectivity index (χ2n) is 3.19. The minimum Gasteiger partial charge on any atom is -0.475 e. The summed E-state index contributed by atoms with van der Waals surface area (Å²) < 4.78 is 43.7. The molecule has 1 N–H and O–H groups in total. The van der Waals surface area contributed by atoms with Crippen molar-refractivity contribution >= 4 is 5.97 Å². The first-order chi connectivity index (χ1) is 8.00. The van der Waals surface area contributed by atoms with E-state index in [1.165, 1.54) is 6.07 Å². The molecule has 0 unspecified atom stereocenters. The lowest BCUT2D eigenvalue weighted by atomic mass is 10.1. The lowest BCUT2D eigenvalue weighted by Crippen LogP contribution is -1.94. The Bertz CT molecular complexity index is 590. The summed E-state index contributed by atoms with van der Waals surface area (Å²) in [6.45, 7) is 0. The Labute approximate surface area is 93.1 Å². The molecule has 6 heteroatoms. The van der Waals surface area contributed by atoms with Gasteiger partial charge in [-0.25, -0.2) is 18.0 Å². The normalized spacial score (nSPS) is 10.5. The zero-order valence-corrected chi connectivity index (χ0v) is 8.21. The quantitative estimate of drug-likeness (QED) is 0.823. The second-order valence-corrected chi connectivity index (χ2v) is 3.19. The van der Waals surface area contributed by atoms with Gasteiger partial charge in [0.25, 0.3) is 0 Å². The van der Waals surface area contributed by atoms with Crippen LogP contribution >= 0.6 is 0 Å². The van der Waals surface area contributed by atoms with Crippen LogP contribution in [-0.2, 0) is 0 Å². The number of carbonyl (C=O) groups is 1. The van der Waals surface area contributed by atoms with Crippen LogP contribution in [0.4, 0.5) is 13.2 Å². The molecule has 0 radical (unpaired) electrons. The summed E-state index contributed by atoms with van der Waals surface area (Å²) in [5.74, 6) is -6.30. The molecule has 1 aromatic carbocycles. The Balaban J connectivity index is 2.53. The Morgan fingerprint density at radius 1 is 1.06 bits per heavy atom. The predicted molar refractivity (Wildman–Crippen MR) is 51.0 cm³/mol. The number of benzene rings is 1. The molecule has 1 heterocycles. The number of halogens is 3. The fraction of sp³-hybridized carbons (Fsp3) is 0. The van der Waals surface area contributed by atoms with E-state index in [0.717, 1.165) is 18.2 Å². The van der Waals surface area contributed by atoms with Gasteiger partial charge < -0.3 is 9.52 Å². The highest BCUT2D eigenvalue weighted by Gasteiger charge is 2.18. The van der Waals surface area contributed by atoms with E-state index in [-0.39, 0.29) is 11.3 Å². The largest absolute Gasteiger partial charge is 0.475 e. The third-order valence-corrected chi connectivity index (χ3v) is 2.12. The number of carboxylic acids is 1. The highest BCUT2D eigenvalue weighted by Crippen LogP contribution is 2.27. The lowest BCUT2D eigenvalue weighted by Gasteiger charge is -2.01. The van der Waals surface area contributed by atoms with Crippen LogP contribution in [0.3, 0.4) is 0 Å². The van der Waals surface area contributed by atoms with Crippen molar-refractivity contribution in [3.63, 3.8) is 0 Å². The number of hydrogen-bond acceptors (Lipinski definition) is 2. The van der Waals surface area contributed by atoms with E-state index in [0.29, 0.717) is 0 Å². The van der Waals surface area contributed by atoms with Crippen molar-refractivity contribution in [2.45, 2.75) is 0 Å². The zero-order chi connectivity index (χ0) is 12.6. The van der Waals surface area contributed by atoms with Crippen molar-refractivity contribution in [1.29, 1.82) is 0 Å². The van der Waals surface area contributed by atoms with Gasteiger partial charge in [-0.1, -0.05) is 0 Å². The molecule has 3 nitrogen and oxygen atoms in total. The van der Waals surface area contributed by atoms with Gasteiger partial charge in [-0.3, -0.25) is 0 Å². The molecule has 0 amide bonds. The Morgan fingerprint density at radius 2 is 1.76 bits per heavy atom. The van der Waals surface area contributed by atoms with E-state index in [1.807, 2.05) is 0 Å². The van der Waals surface area contributed by atoms with Crippen molar-refractivity contribution in [3.05, 3.63) is 47.5 Å². The predicted octanol–water partition coefficient (Wildman–Crippen LogP) is 3.06. The molecule has 0 aliphatic carbocycles. The number of hydrogen-bond donors (Lipinski definition) is 1. The summed E-state index contributed by atoms with van der Waals surface area (Å²) in [4.78, 5) is 10.5. The molecule has 0 fully saturated rings. The molecule has 2 aromatic rings. The highest BCUT2D eigenvalue weighted by atomic mass is 19.2. The molecule has 1 aromatic heterocycles. The van der Waals surface area contributed by atoms with Crippen LogP contribution in [0, 0.1) is 17.5 Å². The first-order valence-electron chi connectivity index (χ1n) is 4.47. The summed E-state index contributed by atoms with van der Waals surface area (Å²) in [5.41, 5.74) is -0.337. The van der Waals surface area contributed by atoms with Gasteiger partial charge in [-0.2, -0.15) is 0 Å². The second kappa shape index (κ2) is 3.97. The Morgan fingerprint density at radius 3 is 2.35 bits per heavy atom. The van der Waals surface area contributed by atoms with Gasteiger partial charge in [0.15, 0.2) is 17.5 Å². The van der Waals surface area contributed by atoms with Crippen molar-refractivity contribution in [2.75, 3.05) is 0 Å².